The third kappa shape index (κ3) is 3.64. The van der Waals surface area contributed by atoms with E-state index in [1.807, 2.05) is 12.1 Å². The summed E-state index contributed by atoms with van der Waals surface area (Å²) >= 11 is 13.2. The number of benzene rings is 1. The fraction of sp³-hybridized carbons (Fsp3) is 0.417. The van der Waals surface area contributed by atoms with Gasteiger partial charge in [0.25, 0.3) is 0 Å². The number of hydrogen-bond acceptors (Lipinski definition) is 4. The van der Waals surface area contributed by atoms with Crippen molar-refractivity contribution in [1.29, 1.82) is 0 Å². The third-order valence-corrected chi connectivity index (χ3v) is 4.60. The number of fused-ring (bicyclic) bond motifs is 1. The number of rotatable bonds is 4. The molecule has 102 valence electrons. The van der Waals surface area contributed by atoms with Crippen LogP contribution in [0.2, 0.25) is 5.02 Å². The minimum Gasteiger partial charge on any atom is -0.423 e. The number of halogens is 1. The van der Waals surface area contributed by atoms with Gasteiger partial charge in [0.15, 0.2) is 0 Å². The van der Waals surface area contributed by atoms with Crippen LogP contribution >= 0.6 is 35.6 Å². The maximum atomic E-state index is 9.72. The second-order valence-electron chi connectivity index (χ2n) is 4.28. The zero-order valence-corrected chi connectivity index (χ0v) is 13.0. The Balaban J connectivity index is 2.06. The second kappa shape index (κ2) is 6.95. The molecule has 0 aliphatic carbocycles. The minimum atomic E-state index is -0.939. The lowest BCUT2D eigenvalue weighted by atomic mass is 9.79. The van der Waals surface area contributed by atoms with Gasteiger partial charge >= 0.3 is 7.12 Å². The predicted octanol–water partition coefficient (Wildman–Crippen LogP) is 2.79. The topological polar surface area (TPSA) is 41.5 Å². The summed E-state index contributed by atoms with van der Waals surface area (Å²) < 4.78 is 5.85. The monoisotopic (exact) mass is 315 g/mol. The fourth-order valence-electron chi connectivity index (χ4n) is 1.83. The Hall–Kier alpha value is -0.265. The molecule has 0 unspecified atom stereocenters. The Bertz CT molecular complexity index is 487. The highest BCUT2D eigenvalue weighted by molar-refractivity contribution is 8.23. The van der Waals surface area contributed by atoms with E-state index >= 15 is 0 Å². The van der Waals surface area contributed by atoms with E-state index < -0.39 is 7.12 Å². The van der Waals surface area contributed by atoms with Crippen molar-refractivity contribution < 1.29 is 9.68 Å². The first-order valence-electron chi connectivity index (χ1n) is 6.18. The van der Waals surface area contributed by atoms with Crippen molar-refractivity contribution in [2.75, 3.05) is 11.1 Å². The molecule has 0 atom stereocenters. The van der Waals surface area contributed by atoms with Crippen LogP contribution < -0.4 is 10.8 Å². The van der Waals surface area contributed by atoms with Crippen LogP contribution in [0.1, 0.15) is 25.3 Å². The first-order chi connectivity index (χ1) is 9.13. The van der Waals surface area contributed by atoms with E-state index in [0.717, 1.165) is 29.8 Å². The van der Waals surface area contributed by atoms with Gasteiger partial charge in [-0.2, -0.15) is 0 Å². The van der Waals surface area contributed by atoms with Crippen LogP contribution in [0.5, 0.6) is 0 Å². The number of thiocarbonyl (C=S) groups is 1. The van der Waals surface area contributed by atoms with Crippen molar-refractivity contribution in [2.45, 2.75) is 26.4 Å². The summed E-state index contributed by atoms with van der Waals surface area (Å²) in [5.74, 6) is 0.997. The molecule has 1 heterocycles. The quantitative estimate of drug-likeness (QED) is 0.508. The molecule has 2 N–H and O–H groups in total. The van der Waals surface area contributed by atoms with Crippen molar-refractivity contribution in [2.24, 2.45) is 0 Å². The Morgan fingerprint density at radius 1 is 1.63 bits per heavy atom. The molecule has 2 rings (SSSR count). The van der Waals surface area contributed by atoms with Gasteiger partial charge in [0, 0.05) is 11.2 Å². The number of nitrogens with one attached hydrogen (secondary N) is 1. The van der Waals surface area contributed by atoms with E-state index in [1.165, 1.54) is 0 Å². The van der Waals surface area contributed by atoms with Gasteiger partial charge in [-0.05, 0) is 18.1 Å². The number of unbranched alkanes of at least 4 members (excludes halogenated alkanes) is 1. The van der Waals surface area contributed by atoms with Crippen molar-refractivity contribution in [3.05, 3.63) is 22.7 Å². The van der Waals surface area contributed by atoms with E-state index in [1.54, 1.807) is 11.8 Å². The van der Waals surface area contributed by atoms with Crippen molar-refractivity contribution in [3.63, 3.8) is 0 Å². The first-order valence-corrected chi connectivity index (χ1v) is 7.95. The molecular weight excluding hydrogens is 301 g/mol. The summed E-state index contributed by atoms with van der Waals surface area (Å²) in [4.78, 5) is 0. The molecule has 19 heavy (non-hydrogen) atoms. The van der Waals surface area contributed by atoms with Gasteiger partial charge in [0.1, 0.15) is 4.32 Å². The standard InChI is InChI=1S/C12H15BClNO2S2/c1-2-3-6-19-12(18)15-9-5-4-8-7-17-13(16)10(8)11(9)14/h4-5,16H,2-3,6-7H2,1H3,(H,15,18). The van der Waals surface area contributed by atoms with Crippen molar-refractivity contribution in [3.8, 4) is 0 Å². The van der Waals surface area contributed by atoms with Gasteiger partial charge in [-0.25, -0.2) is 0 Å². The van der Waals surface area contributed by atoms with E-state index in [2.05, 4.69) is 12.2 Å². The summed E-state index contributed by atoms with van der Waals surface area (Å²) in [5, 5.41) is 13.3. The maximum absolute atomic E-state index is 9.72. The van der Waals surface area contributed by atoms with E-state index in [-0.39, 0.29) is 0 Å². The number of anilines is 1. The van der Waals surface area contributed by atoms with Crippen molar-refractivity contribution >= 4 is 58.2 Å². The molecule has 0 saturated heterocycles. The molecular formula is C12H15BClNO2S2. The Morgan fingerprint density at radius 3 is 3.16 bits per heavy atom. The molecule has 1 aliphatic rings. The smallest absolute Gasteiger partial charge is 0.423 e. The van der Waals surface area contributed by atoms with Crippen LogP contribution in [0.15, 0.2) is 12.1 Å². The second-order valence-corrected chi connectivity index (χ2v) is 6.43. The lowest BCUT2D eigenvalue weighted by Crippen LogP contribution is -2.29. The normalized spacial score (nSPS) is 13.5. The molecule has 1 aromatic rings. The lowest BCUT2D eigenvalue weighted by molar-refractivity contribution is 0.275. The predicted molar refractivity (Wildman–Crippen MR) is 87.4 cm³/mol. The first kappa shape index (κ1) is 15.1. The van der Waals surface area contributed by atoms with Gasteiger partial charge < -0.3 is 15.0 Å². The number of hydrogen-bond donors (Lipinski definition) is 2. The Kier molecular flexibility index (Phi) is 5.53. The summed E-state index contributed by atoms with van der Waals surface area (Å²) in [6.45, 7) is 2.54. The van der Waals surface area contributed by atoms with Crippen LogP contribution in [0.25, 0.3) is 0 Å². The average molecular weight is 316 g/mol. The third-order valence-electron chi connectivity index (χ3n) is 2.88. The molecule has 0 bridgehead atoms. The summed E-state index contributed by atoms with van der Waals surface area (Å²) in [6, 6.07) is 3.77. The fourth-order valence-corrected chi connectivity index (χ4v) is 3.32. The molecule has 1 aromatic carbocycles. The van der Waals surface area contributed by atoms with Gasteiger partial charge in [-0.15, -0.1) is 0 Å². The molecule has 7 heteroatoms. The molecule has 0 radical (unpaired) electrons. The molecule has 0 fully saturated rings. The van der Waals surface area contributed by atoms with Gasteiger partial charge in [-0.1, -0.05) is 55.0 Å². The van der Waals surface area contributed by atoms with E-state index in [4.69, 9.17) is 28.5 Å². The van der Waals surface area contributed by atoms with Gasteiger partial charge in [0.2, 0.25) is 0 Å². The maximum Gasteiger partial charge on any atom is 0.493 e. The highest BCUT2D eigenvalue weighted by atomic mass is 35.5. The molecule has 0 saturated carbocycles. The highest BCUT2D eigenvalue weighted by Gasteiger charge is 2.31. The Morgan fingerprint density at radius 2 is 2.42 bits per heavy atom. The van der Waals surface area contributed by atoms with Crippen LogP contribution in [0.3, 0.4) is 0 Å². The molecule has 1 aliphatic heterocycles. The summed E-state index contributed by atoms with van der Waals surface area (Å²) in [6.07, 6.45) is 2.29. The van der Waals surface area contributed by atoms with Crippen LogP contribution in [-0.2, 0) is 11.3 Å². The van der Waals surface area contributed by atoms with Gasteiger partial charge in [-0.3, -0.25) is 0 Å². The van der Waals surface area contributed by atoms with Crippen LogP contribution in [-0.4, -0.2) is 22.2 Å². The van der Waals surface area contributed by atoms with Gasteiger partial charge in [0.05, 0.1) is 17.3 Å². The largest absolute Gasteiger partial charge is 0.493 e. The lowest BCUT2D eigenvalue weighted by Gasteiger charge is -2.12. The highest BCUT2D eigenvalue weighted by Crippen LogP contribution is 2.26. The van der Waals surface area contributed by atoms with Crippen LogP contribution in [0.4, 0.5) is 5.69 Å². The molecule has 0 aromatic heterocycles. The molecule has 0 spiro atoms. The number of thioether (sulfide) groups is 1. The van der Waals surface area contributed by atoms with E-state index in [0.29, 0.717) is 21.4 Å². The SMILES string of the molecule is CCCCSC(=S)Nc1ccc2c(c1Cl)B(O)OC2. The molecule has 3 nitrogen and oxygen atoms in total. The van der Waals surface area contributed by atoms with E-state index in [9.17, 15) is 5.02 Å². The summed E-state index contributed by atoms with van der Waals surface area (Å²) in [7, 11) is -0.939. The minimum absolute atomic E-state index is 0.395. The summed E-state index contributed by atoms with van der Waals surface area (Å²) in [5.41, 5.74) is 2.29. The average Bonchev–Trinajstić information content (AvgIpc) is 2.76. The van der Waals surface area contributed by atoms with Crippen molar-refractivity contribution in [1.82, 2.24) is 0 Å². The zero-order chi connectivity index (χ0) is 13.8. The zero-order valence-electron chi connectivity index (χ0n) is 10.6. The Labute approximate surface area is 128 Å². The molecule has 0 amide bonds. The van der Waals surface area contributed by atoms with Crippen LogP contribution in [0, 0.1) is 0 Å².